The van der Waals surface area contributed by atoms with E-state index in [-0.39, 0.29) is 17.6 Å². The van der Waals surface area contributed by atoms with Gasteiger partial charge in [0, 0.05) is 28.7 Å². The second kappa shape index (κ2) is 8.29. The molecule has 1 aliphatic rings. The van der Waals surface area contributed by atoms with E-state index in [1.165, 1.54) is 6.07 Å². The number of fused-ring (bicyclic) bond motifs is 1. The van der Waals surface area contributed by atoms with Gasteiger partial charge in [0.2, 0.25) is 5.91 Å². The molecule has 4 rings (SSSR count). The molecule has 3 aromatic rings. The topological polar surface area (TPSA) is 32.3 Å². The first-order valence-electron chi connectivity index (χ1n) is 9.54. The lowest BCUT2D eigenvalue weighted by Crippen LogP contribution is -2.37. The van der Waals surface area contributed by atoms with Gasteiger partial charge in [0.25, 0.3) is 0 Å². The summed E-state index contributed by atoms with van der Waals surface area (Å²) < 4.78 is 14.0. The smallest absolute Gasteiger partial charge is 0.227 e. The molecule has 144 valence electrons. The second-order valence-corrected chi connectivity index (χ2v) is 7.77. The van der Waals surface area contributed by atoms with Crippen LogP contribution in [0.1, 0.15) is 18.4 Å². The molecule has 1 saturated heterocycles. The highest BCUT2D eigenvalue weighted by atomic mass is 35.5. The highest BCUT2D eigenvalue weighted by molar-refractivity contribution is 6.30. The van der Waals surface area contributed by atoms with Crippen LogP contribution in [-0.4, -0.2) is 23.9 Å². The molecule has 0 atom stereocenters. The van der Waals surface area contributed by atoms with Crippen molar-refractivity contribution in [2.24, 2.45) is 5.92 Å². The van der Waals surface area contributed by atoms with Gasteiger partial charge < -0.3 is 5.32 Å². The molecule has 28 heavy (non-hydrogen) atoms. The van der Waals surface area contributed by atoms with E-state index in [1.807, 2.05) is 36.4 Å². The number of benzene rings is 3. The van der Waals surface area contributed by atoms with Gasteiger partial charge in [-0.3, -0.25) is 9.69 Å². The number of halogens is 2. The molecule has 0 aromatic heterocycles. The molecule has 1 N–H and O–H groups in total. The number of rotatable bonds is 4. The molecule has 0 bridgehead atoms. The number of nitrogens with zero attached hydrogens (tertiary/aromatic N) is 1. The van der Waals surface area contributed by atoms with Crippen LogP contribution in [-0.2, 0) is 11.3 Å². The monoisotopic (exact) mass is 396 g/mol. The number of carbonyl (C=O) groups is 1. The Bertz CT molecular complexity index is 999. The lowest BCUT2D eigenvalue weighted by molar-refractivity contribution is -0.121. The largest absolute Gasteiger partial charge is 0.326 e. The lowest BCUT2D eigenvalue weighted by Gasteiger charge is -2.31. The van der Waals surface area contributed by atoms with Crippen LogP contribution in [0.25, 0.3) is 10.8 Å². The first kappa shape index (κ1) is 18.9. The van der Waals surface area contributed by atoms with Crippen LogP contribution in [0.4, 0.5) is 10.1 Å². The van der Waals surface area contributed by atoms with E-state index in [9.17, 15) is 9.18 Å². The van der Waals surface area contributed by atoms with Gasteiger partial charge in [-0.05, 0) is 61.0 Å². The first-order valence-corrected chi connectivity index (χ1v) is 9.92. The maximum Gasteiger partial charge on any atom is 0.227 e. The molecule has 1 heterocycles. The summed E-state index contributed by atoms with van der Waals surface area (Å²) >= 11 is 5.81. The predicted octanol–water partition coefficient (Wildman–Crippen LogP) is 5.48. The van der Waals surface area contributed by atoms with Crippen LogP contribution >= 0.6 is 11.6 Å². The number of nitrogens with one attached hydrogen (secondary N) is 1. The normalized spacial score (nSPS) is 15.6. The summed E-state index contributed by atoms with van der Waals surface area (Å²) in [7, 11) is 0. The Labute approximate surface area is 169 Å². The van der Waals surface area contributed by atoms with Crippen molar-refractivity contribution in [1.82, 2.24) is 4.90 Å². The van der Waals surface area contributed by atoms with Crippen molar-refractivity contribution in [3.8, 4) is 0 Å². The molecule has 0 unspecified atom stereocenters. The maximum atomic E-state index is 14.0. The summed E-state index contributed by atoms with van der Waals surface area (Å²) in [5.41, 5.74) is 1.47. The summed E-state index contributed by atoms with van der Waals surface area (Å²) in [6, 6.07) is 18.9. The van der Waals surface area contributed by atoms with Crippen LogP contribution in [0.2, 0.25) is 5.02 Å². The fourth-order valence-electron chi connectivity index (χ4n) is 3.76. The highest BCUT2D eigenvalue weighted by Crippen LogP contribution is 2.24. The maximum absolute atomic E-state index is 14.0. The van der Waals surface area contributed by atoms with Gasteiger partial charge in [0.1, 0.15) is 5.82 Å². The number of hydrogen-bond acceptors (Lipinski definition) is 2. The number of piperidine rings is 1. The SMILES string of the molecule is O=C(Nc1ccc2ccccc2c1)C1CCN(Cc2ccc(Cl)cc2F)CC1. The van der Waals surface area contributed by atoms with E-state index in [4.69, 9.17) is 11.6 Å². The molecular formula is C23H22ClFN2O. The van der Waals surface area contributed by atoms with Gasteiger partial charge in [0.15, 0.2) is 0 Å². The average Bonchev–Trinajstić information content (AvgIpc) is 2.70. The Morgan fingerprint density at radius 1 is 1.04 bits per heavy atom. The third kappa shape index (κ3) is 4.34. The Morgan fingerprint density at radius 3 is 2.54 bits per heavy atom. The molecule has 3 aromatic carbocycles. The van der Waals surface area contributed by atoms with Crippen molar-refractivity contribution in [3.05, 3.63) is 77.1 Å². The quantitative estimate of drug-likeness (QED) is 0.633. The van der Waals surface area contributed by atoms with Crippen LogP contribution in [0.15, 0.2) is 60.7 Å². The lowest BCUT2D eigenvalue weighted by atomic mass is 9.95. The van der Waals surface area contributed by atoms with Gasteiger partial charge in [-0.1, -0.05) is 48.0 Å². The van der Waals surface area contributed by atoms with Crippen molar-refractivity contribution in [3.63, 3.8) is 0 Å². The van der Waals surface area contributed by atoms with E-state index in [0.717, 1.165) is 42.4 Å². The molecule has 0 spiro atoms. The van der Waals surface area contributed by atoms with E-state index >= 15 is 0 Å². The molecule has 0 aliphatic carbocycles. The molecule has 1 fully saturated rings. The van der Waals surface area contributed by atoms with Crippen LogP contribution in [0, 0.1) is 11.7 Å². The molecule has 3 nitrogen and oxygen atoms in total. The summed E-state index contributed by atoms with van der Waals surface area (Å²) in [5.74, 6) is -0.228. The number of anilines is 1. The third-order valence-corrected chi connectivity index (χ3v) is 5.62. The zero-order valence-electron chi connectivity index (χ0n) is 15.5. The van der Waals surface area contributed by atoms with Crippen molar-refractivity contribution in [1.29, 1.82) is 0 Å². The van der Waals surface area contributed by atoms with E-state index < -0.39 is 0 Å². The summed E-state index contributed by atoms with van der Waals surface area (Å²) in [4.78, 5) is 14.8. The second-order valence-electron chi connectivity index (χ2n) is 7.34. The summed E-state index contributed by atoms with van der Waals surface area (Å²) in [5, 5.41) is 5.73. The zero-order chi connectivity index (χ0) is 19.5. The number of hydrogen-bond donors (Lipinski definition) is 1. The van der Waals surface area contributed by atoms with Gasteiger partial charge in [-0.15, -0.1) is 0 Å². The number of likely N-dealkylation sites (tertiary alicyclic amines) is 1. The van der Waals surface area contributed by atoms with Gasteiger partial charge in [-0.2, -0.15) is 0 Å². The van der Waals surface area contributed by atoms with Gasteiger partial charge >= 0.3 is 0 Å². The molecule has 5 heteroatoms. The Balaban J connectivity index is 1.33. The summed E-state index contributed by atoms with van der Waals surface area (Å²) in [6.07, 6.45) is 1.54. The molecule has 1 amide bonds. The Morgan fingerprint density at radius 2 is 1.79 bits per heavy atom. The molecule has 1 aliphatic heterocycles. The minimum absolute atomic E-state index is 0.0159. The standard InChI is InChI=1S/C23H22ClFN2O/c24-20-7-5-19(22(25)14-20)15-27-11-9-17(10-12-27)23(28)26-21-8-6-16-3-1-2-4-18(16)13-21/h1-8,13-14,17H,9-12,15H2,(H,26,28). The van der Waals surface area contributed by atoms with Crippen molar-refractivity contribution in [2.75, 3.05) is 18.4 Å². The third-order valence-electron chi connectivity index (χ3n) is 5.38. The molecule has 0 saturated carbocycles. The highest BCUT2D eigenvalue weighted by Gasteiger charge is 2.25. The van der Waals surface area contributed by atoms with Gasteiger partial charge in [0.05, 0.1) is 0 Å². The van der Waals surface area contributed by atoms with E-state index in [2.05, 4.69) is 16.3 Å². The Kier molecular flexibility index (Phi) is 5.60. The fraction of sp³-hybridized carbons (Fsp3) is 0.261. The van der Waals surface area contributed by atoms with Crippen LogP contribution in [0.3, 0.4) is 0 Å². The van der Waals surface area contributed by atoms with Crippen molar-refractivity contribution >= 4 is 34.0 Å². The van der Waals surface area contributed by atoms with Crippen LogP contribution in [0.5, 0.6) is 0 Å². The van der Waals surface area contributed by atoms with Crippen molar-refractivity contribution < 1.29 is 9.18 Å². The molecular weight excluding hydrogens is 375 g/mol. The fourth-order valence-corrected chi connectivity index (χ4v) is 3.91. The predicted molar refractivity (Wildman–Crippen MR) is 112 cm³/mol. The minimum Gasteiger partial charge on any atom is -0.326 e. The first-order chi connectivity index (χ1) is 13.6. The van der Waals surface area contributed by atoms with E-state index in [0.29, 0.717) is 17.1 Å². The number of carbonyl (C=O) groups excluding carboxylic acids is 1. The van der Waals surface area contributed by atoms with Crippen LogP contribution < -0.4 is 5.32 Å². The molecule has 0 radical (unpaired) electrons. The minimum atomic E-state index is -0.274. The zero-order valence-corrected chi connectivity index (χ0v) is 16.3. The van der Waals surface area contributed by atoms with E-state index in [1.54, 1.807) is 12.1 Å². The van der Waals surface area contributed by atoms with Crippen molar-refractivity contribution in [2.45, 2.75) is 19.4 Å². The van der Waals surface area contributed by atoms with Gasteiger partial charge in [-0.25, -0.2) is 4.39 Å². The number of amides is 1. The summed E-state index contributed by atoms with van der Waals surface area (Å²) in [6.45, 7) is 2.10. The average molecular weight is 397 g/mol. The Hall–Kier alpha value is -2.43.